The van der Waals surface area contributed by atoms with E-state index in [-0.39, 0.29) is 23.2 Å². The minimum Gasteiger partial charge on any atom is -0.467 e. The van der Waals surface area contributed by atoms with Crippen LogP contribution in [-0.2, 0) is 15.3 Å². The molecule has 0 aliphatic rings. The minimum absolute atomic E-state index is 0.0698. The summed E-state index contributed by atoms with van der Waals surface area (Å²) in [6, 6.07) is 11.5. The zero-order valence-electron chi connectivity index (χ0n) is 17.6. The second-order valence-electron chi connectivity index (χ2n) is 8.28. The molecule has 0 amide bonds. The van der Waals surface area contributed by atoms with Gasteiger partial charge in [0.15, 0.2) is 6.79 Å². The van der Waals surface area contributed by atoms with Crippen LogP contribution in [-0.4, -0.2) is 13.9 Å². The van der Waals surface area contributed by atoms with Crippen molar-refractivity contribution in [2.75, 3.05) is 13.9 Å². The van der Waals surface area contributed by atoms with Gasteiger partial charge < -0.3 is 9.47 Å². The Morgan fingerprint density at radius 2 is 1.67 bits per heavy atom. The van der Waals surface area contributed by atoms with Crippen LogP contribution in [0.2, 0.25) is 0 Å². The van der Waals surface area contributed by atoms with E-state index in [0.717, 1.165) is 28.6 Å². The standard InChI is InChI=1S/C23H32FO2P/c1-8-23(6,27-20-12-10-9-11-19(20)24)18-14-16(2)13-17(22(3,4)5)21(18)26-15-25-7/h9-14,27H,8,15H2,1-7H3. The zero-order chi connectivity index (χ0) is 20.2. The SMILES string of the molecule is CCC(C)(Pc1ccccc1F)c1cc(C)cc(C(C)(C)C)c1OCOC. The molecular formula is C23H32FO2P. The van der Waals surface area contributed by atoms with Crippen LogP contribution in [0.1, 0.15) is 57.7 Å². The van der Waals surface area contributed by atoms with Crippen molar-refractivity contribution in [3.8, 4) is 5.75 Å². The third-order valence-corrected chi connectivity index (χ3v) is 6.80. The summed E-state index contributed by atoms with van der Waals surface area (Å²) in [7, 11) is 1.94. The lowest BCUT2D eigenvalue weighted by atomic mass is 9.81. The number of rotatable bonds is 7. The van der Waals surface area contributed by atoms with E-state index in [1.54, 1.807) is 13.2 Å². The van der Waals surface area contributed by atoms with E-state index in [2.05, 4.69) is 53.7 Å². The number of benzene rings is 2. The lowest BCUT2D eigenvalue weighted by molar-refractivity contribution is 0.0487. The Morgan fingerprint density at radius 3 is 2.22 bits per heavy atom. The lowest BCUT2D eigenvalue weighted by Gasteiger charge is -2.34. The van der Waals surface area contributed by atoms with Gasteiger partial charge in [0.05, 0.1) is 0 Å². The highest BCUT2D eigenvalue weighted by molar-refractivity contribution is 7.48. The van der Waals surface area contributed by atoms with Gasteiger partial charge in [0.25, 0.3) is 0 Å². The maximum atomic E-state index is 14.4. The van der Waals surface area contributed by atoms with E-state index in [9.17, 15) is 4.39 Å². The fraction of sp³-hybridized carbons (Fsp3) is 0.478. The summed E-state index contributed by atoms with van der Waals surface area (Å²) in [6.45, 7) is 13.2. The van der Waals surface area contributed by atoms with E-state index < -0.39 is 0 Å². The number of hydrogen-bond donors (Lipinski definition) is 0. The highest BCUT2D eigenvalue weighted by Crippen LogP contribution is 2.50. The fourth-order valence-electron chi connectivity index (χ4n) is 3.22. The number of halogens is 1. The molecule has 27 heavy (non-hydrogen) atoms. The molecule has 0 saturated carbocycles. The van der Waals surface area contributed by atoms with Crippen molar-refractivity contribution in [2.24, 2.45) is 0 Å². The van der Waals surface area contributed by atoms with Gasteiger partial charge in [-0.1, -0.05) is 79.1 Å². The Labute approximate surface area is 165 Å². The Morgan fingerprint density at radius 1 is 1.04 bits per heavy atom. The van der Waals surface area contributed by atoms with Crippen LogP contribution in [0.25, 0.3) is 0 Å². The molecule has 4 heteroatoms. The molecule has 0 spiro atoms. The molecule has 2 unspecified atom stereocenters. The van der Waals surface area contributed by atoms with E-state index in [4.69, 9.17) is 9.47 Å². The van der Waals surface area contributed by atoms with Gasteiger partial charge in [0.1, 0.15) is 11.6 Å². The van der Waals surface area contributed by atoms with Crippen molar-refractivity contribution in [1.82, 2.24) is 0 Å². The van der Waals surface area contributed by atoms with Crippen LogP contribution in [0.15, 0.2) is 36.4 Å². The molecule has 0 radical (unpaired) electrons. The summed E-state index contributed by atoms with van der Waals surface area (Å²) in [5.41, 5.74) is 3.42. The van der Waals surface area contributed by atoms with Crippen LogP contribution in [0, 0.1) is 12.7 Å². The van der Waals surface area contributed by atoms with Gasteiger partial charge in [0.2, 0.25) is 0 Å². The smallest absolute Gasteiger partial charge is 0.188 e. The second-order valence-corrected chi connectivity index (χ2v) is 10.2. The van der Waals surface area contributed by atoms with Crippen LogP contribution < -0.4 is 10.0 Å². The third-order valence-electron chi connectivity index (χ3n) is 4.95. The molecule has 0 aliphatic carbocycles. The highest BCUT2D eigenvalue weighted by atomic mass is 31.1. The number of aryl methyl sites for hydroxylation is 1. The number of methoxy groups -OCH3 is 1. The molecule has 2 rings (SSSR count). The topological polar surface area (TPSA) is 18.5 Å². The molecule has 0 saturated heterocycles. The van der Waals surface area contributed by atoms with Gasteiger partial charge in [-0.15, -0.1) is 0 Å². The molecular weight excluding hydrogens is 358 g/mol. The molecule has 0 aromatic heterocycles. The summed E-state index contributed by atoms with van der Waals surface area (Å²) in [6.07, 6.45) is 0.885. The average Bonchev–Trinajstić information content (AvgIpc) is 2.61. The van der Waals surface area contributed by atoms with Crippen molar-refractivity contribution in [3.63, 3.8) is 0 Å². The molecule has 0 N–H and O–H groups in total. The highest BCUT2D eigenvalue weighted by Gasteiger charge is 2.33. The Bertz CT molecular complexity index is 782. The quantitative estimate of drug-likeness (QED) is 0.424. The van der Waals surface area contributed by atoms with Crippen molar-refractivity contribution in [2.45, 2.75) is 58.5 Å². The molecule has 2 aromatic carbocycles. The summed E-state index contributed by atoms with van der Waals surface area (Å²) in [4.78, 5) is 0. The van der Waals surface area contributed by atoms with Crippen LogP contribution in [0.5, 0.6) is 5.75 Å². The summed E-state index contributed by atoms with van der Waals surface area (Å²) >= 11 is 0. The molecule has 2 atom stereocenters. The van der Waals surface area contributed by atoms with Crippen molar-refractivity contribution < 1.29 is 13.9 Å². The van der Waals surface area contributed by atoms with Gasteiger partial charge in [-0.2, -0.15) is 0 Å². The molecule has 2 aromatic rings. The van der Waals surface area contributed by atoms with Crippen LogP contribution in [0.4, 0.5) is 4.39 Å². The Balaban J connectivity index is 2.65. The molecule has 0 bridgehead atoms. The second kappa shape index (κ2) is 8.71. The van der Waals surface area contributed by atoms with Gasteiger partial charge in [-0.3, -0.25) is 0 Å². The van der Waals surface area contributed by atoms with E-state index in [0.29, 0.717) is 8.58 Å². The monoisotopic (exact) mass is 390 g/mol. The first-order valence-electron chi connectivity index (χ1n) is 9.42. The van der Waals surface area contributed by atoms with Crippen LogP contribution >= 0.6 is 8.58 Å². The third kappa shape index (κ3) is 5.09. The number of ether oxygens (including phenoxy) is 2. The predicted octanol–water partition coefficient (Wildman–Crippen LogP) is 6.04. The molecule has 0 fully saturated rings. The molecule has 0 heterocycles. The number of hydrogen-bond acceptors (Lipinski definition) is 2. The molecule has 148 valence electrons. The predicted molar refractivity (Wildman–Crippen MR) is 114 cm³/mol. The zero-order valence-corrected chi connectivity index (χ0v) is 18.6. The van der Waals surface area contributed by atoms with E-state index in [1.807, 2.05) is 12.1 Å². The Kier molecular flexibility index (Phi) is 7.05. The minimum atomic E-state index is -0.225. The Hall–Kier alpha value is -1.44. The maximum Gasteiger partial charge on any atom is 0.188 e. The first kappa shape index (κ1) is 21.9. The van der Waals surface area contributed by atoms with E-state index in [1.165, 1.54) is 11.6 Å². The van der Waals surface area contributed by atoms with Crippen molar-refractivity contribution in [3.05, 3.63) is 58.9 Å². The fourth-order valence-corrected chi connectivity index (χ4v) is 4.69. The summed E-state index contributed by atoms with van der Waals surface area (Å²) in [5.74, 6) is 0.738. The normalized spacial score (nSPS) is 14.5. The first-order chi connectivity index (χ1) is 12.6. The largest absolute Gasteiger partial charge is 0.467 e. The van der Waals surface area contributed by atoms with Gasteiger partial charge in [-0.25, -0.2) is 4.39 Å². The van der Waals surface area contributed by atoms with Crippen LogP contribution in [0.3, 0.4) is 0 Å². The lowest BCUT2D eigenvalue weighted by Crippen LogP contribution is -2.24. The van der Waals surface area contributed by atoms with Gasteiger partial charge in [-0.05, 0) is 24.8 Å². The summed E-state index contributed by atoms with van der Waals surface area (Å²) in [5, 5.41) is 0.537. The molecule has 2 nitrogen and oxygen atoms in total. The van der Waals surface area contributed by atoms with E-state index >= 15 is 0 Å². The average molecular weight is 390 g/mol. The van der Waals surface area contributed by atoms with Gasteiger partial charge in [0, 0.05) is 28.7 Å². The molecule has 0 aliphatic heterocycles. The maximum absolute atomic E-state index is 14.4. The first-order valence-corrected chi connectivity index (χ1v) is 10.4. The van der Waals surface area contributed by atoms with Crippen molar-refractivity contribution >= 4 is 13.9 Å². The summed E-state index contributed by atoms with van der Waals surface area (Å²) < 4.78 is 25.7. The van der Waals surface area contributed by atoms with Crippen molar-refractivity contribution in [1.29, 1.82) is 0 Å². The van der Waals surface area contributed by atoms with Gasteiger partial charge >= 0.3 is 0 Å².